The highest BCUT2D eigenvalue weighted by molar-refractivity contribution is 7.98. The van der Waals surface area contributed by atoms with Crippen LogP contribution in [0.25, 0.3) is 12.2 Å². The van der Waals surface area contributed by atoms with Gasteiger partial charge >= 0.3 is 0 Å². The van der Waals surface area contributed by atoms with Gasteiger partial charge in [-0.05, 0) is 30.0 Å². The monoisotopic (exact) mass is 320 g/mol. The van der Waals surface area contributed by atoms with Gasteiger partial charge in [0, 0.05) is 11.9 Å². The highest BCUT2D eigenvalue weighted by Crippen LogP contribution is 2.29. The molecular weight excluding hydrogens is 304 g/mol. The van der Waals surface area contributed by atoms with Gasteiger partial charge in [-0.1, -0.05) is 12.1 Å². The molecule has 0 fully saturated rings. The van der Waals surface area contributed by atoms with Crippen LogP contribution in [0.3, 0.4) is 0 Å². The molecule has 0 saturated carbocycles. The van der Waals surface area contributed by atoms with Gasteiger partial charge in [0.2, 0.25) is 0 Å². The lowest BCUT2D eigenvalue weighted by atomic mass is 10.2. The number of nitrogens with zero attached hydrogens (tertiary/aromatic N) is 1. The zero-order chi connectivity index (χ0) is 15.2. The smallest absolute Gasteiger partial charge is 0.262 e. The summed E-state index contributed by atoms with van der Waals surface area (Å²) in [7, 11) is 3.27. The Morgan fingerprint density at radius 3 is 2.90 bits per heavy atom. The SMILES string of the molecule is CNC(=O)c1cnc(/C=C\c2ccc(SC)c(OC)c2)s1. The van der Waals surface area contributed by atoms with E-state index in [4.69, 9.17) is 4.74 Å². The summed E-state index contributed by atoms with van der Waals surface area (Å²) in [4.78, 5) is 17.4. The highest BCUT2D eigenvalue weighted by atomic mass is 32.2. The molecule has 110 valence electrons. The van der Waals surface area contributed by atoms with Crippen molar-refractivity contribution in [1.29, 1.82) is 0 Å². The quantitative estimate of drug-likeness (QED) is 0.858. The van der Waals surface area contributed by atoms with Crippen LogP contribution in [0.5, 0.6) is 5.75 Å². The zero-order valence-electron chi connectivity index (χ0n) is 12.0. The Labute approximate surface area is 132 Å². The topological polar surface area (TPSA) is 51.2 Å². The summed E-state index contributed by atoms with van der Waals surface area (Å²) >= 11 is 3.01. The molecule has 1 aromatic heterocycles. The minimum Gasteiger partial charge on any atom is -0.496 e. The molecular formula is C15H16N2O2S2. The van der Waals surface area contributed by atoms with E-state index in [0.717, 1.165) is 21.2 Å². The first-order chi connectivity index (χ1) is 10.2. The number of hydrogen-bond donors (Lipinski definition) is 1. The van der Waals surface area contributed by atoms with Crippen LogP contribution in [-0.2, 0) is 0 Å². The van der Waals surface area contributed by atoms with Crippen molar-refractivity contribution in [2.75, 3.05) is 20.4 Å². The van der Waals surface area contributed by atoms with Crippen LogP contribution < -0.4 is 10.1 Å². The number of nitrogens with one attached hydrogen (secondary N) is 1. The van der Waals surface area contributed by atoms with Crippen molar-refractivity contribution in [3.8, 4) is 5.75 Å². The van der Waals surface area contributed by atoms with Gasteiger partial charge in [0.15, 0.2) is 0 Å². The highest BCUT2D eigenvalue weighted by Gasteiger charge is 2.07. The summed E-state index contributed by atoms with van der Waals surface area (Å²) in [5.74, 6) is 0.744. The second kappa shape index (κ2) is 7.28. The molecule has 1 aromatic carbocycles. The molecule has 2 aromatic rings. The fourth-order valence-electron chi connectivity index (χ4n) is 1.72. The van der Waals surface area contributed by atoms with Crippen molar-refractivity contribution >= 4 is 41.2 Å². The van der Waals surface area contributed by atoms with Crippen LogP contribution in [0, 0.1) is 0 Å². The zero-order valence-corrected chi connectivity index (χ0v) is 13.7. The van der Waals surface area contributed by atoms with Crippen molar-refractivity contribution in [3.63, 3.8) is 0 Å². The molecule has 0 aliphatic rings. The maximum Gasteiger partial charge on any atom is 0.262 e. The molecule has 6 heteroatoms. The molecule has 2 rings (SSSR count). The molecule has 1 amide bonds. The van der Waals surface area contributed by atoms with Crippen molar-refractivity contribution in [3.05, 3.63) is 39.8 Å². The number of methoxy groups -OCH3 is 1. The van der Waals surface area contributed by atoms with Gasteiger partial charge in [0.1, 0.15) is 15.6 Å². The predicted octanol–water partition coefficient (Wildman–Crippen LogP) is 3.40. The number of carbonyl (C=O) groups excluding carboxylic acids is 1. The Hall–Kier alpha value is -1.79. The molecule has 4 nitrogen and oxygen atoms in total. The van der Waals surface area contributed by atoms with Gasteiger partial charge in [-0.3, -0.25) is 4.79 Å². The first-order valence-corrected chi connectivity index (χ1v) is 8.30. The molecule has 0 aliphatic heterocycles. The maximum absolute atomic E-state index is 11.5. The van der Waals surface area contributed by atoms with Crippen LogP contribution in [0.1, 0.15) is 20.2 Å². The summed E-state index contributed by atoms with van der Waals surface area (Å²) < 4.78 is 5.36. The van der Waals surface area contributed by atoms with Crippen LogP contribution in [-0.4, -0.2) is 31.3 Å². The van der Waals surface area contributed by atoms with E-state index in [-0.39, 0.29) is 5.91 Å². The van der Waals surface area contributed by atoms with Gasteiger partial charge in [0.25, 0.3) is 5.91 Å². The number of rotatable bonds is 5. The third-order valence-electron chi connectivity index (χ3n) is 2.80. The molecule has 0 atom stereocenters. The standard InChI is InChI=1S/C15H16N2O2S2/c1-16-15(18)13-9-17-14(21-13)7-5-10-4-6-12(20-3)11(8-10)19-2/h4-9H,1-3H3,(H,16,18)/b7-5-. The van der Waals surface area contributed by atoms with E-state index < -0.39 is 0 Å². The fraction of sp³-hybridized carbons (Fsp3) is 0.200. The average molecular weight is 320 g/mol. The van der Waals surface area contributed by atoms with Gasteiger partial charge in [-0.25, -0.2) is 4.98 Å². The van der Waals surface area contributed by atoms with E-state index in [2.05, 4.69) is 10.3 Å². The molecule has 1 heterocycles. The van der Waals surface area contributed by atoms with E-state index in [9.17, 15) is 4.79 Å². The van der Waals surface area contributed by atoms with Crippen molar-refractivity contribution < 1.29 is 9.53 Å². The second-order valence-electron chi connectivity index (χ2n) is 4.09. The molecule has 0 aliphatic carbocycles. The molecule has 0 spiro atoms. The number of carbonyl (C=O) groups is 1. The number of amides is 1. The predicted molar refractivity (Wildman–Crippen MR) is 89.2 cm³/mol. The Bertz CT molecular complexity index is 665. The van der Waals surface area contributed by atoms with E-state index >= 15 is 0 Å². The lowest BCUT2D eigenvalue weighted by molar-refractivity contribution is 0.0967. The molecule has 1 N–H and O–H groups in total. The molecule has 0 unspecified atom stereocenters. The maximum atomic E-state index is 11.5. The van der Waals surface area contributed by atoms with Gasteiger partial charge in [-0.15, -0.1) is 23.1 Å². The lowest BCUT2D eigenvalue weighted by Gasteiger charge is -2.06. The summed E-state index contributed by atoms with van der Waals surface area (Å²) in [6.07, 6.45) is 7.45. The van der Waals surface area contributed by atoms with Crippen LogP contribution >= 0.6 is 23.1 Å². The van der Waals surface area contributed by atoms with Crippen LogP contribution in [0.4, 0.5) is 0 Å². The number of benzene rings is 1. The number of thiazole rings is 1. The van der Waals surface area contributed by atoms with E-state index in [0.29, 0.717) is 4.88 Å². The summed E-state index contributed by atoms with van der Waals surface area (Å²) in [5.41, 5.74) is 1.03. The first kappa shape index (κ1) is 15.6. The number of ether oxygens (including phenoxy) is 1. The van der Waals surface area contributed by atoms with E-state index in [1.54, 1.807) is 32.1 Å². The molecule has 0 bridgehead atoms. The largest absolute Gasteiger partial charge is 0.496 e. The first-order valence-electron chi connectivity index (χ1n) is 6.26. The Kier molecular flexibility index (Phi) is 5.41. The fourth-order valence-corrected chi connectivity index (χ4v) is 3.03. The number of aromatic nitrogens is 1. The number of hydrogen-bond acceptors (Lipinski definition) is 5. The van der Waals surface area contributed by atoms with Gasteiger partial charge in [0.05, 0.1) is 13.3 Å². The minimum atomic E-state index is -0.113. The third-order valence-corrected chi connectivity index (χ3v) is 4.54. The summed E-state index contributed by atoms with van der Waals surface area (Å²) in [6.45, 7) is 0. The Morgan fingerprint density at radius 1 is 1.43 bits per heavy atom. The molecule has 0 saturated heterocycles. The minimum absolute atomic E-state index is 0.113. The van der Waals surface area contributed by atoms with Crippen molar-refractivity contribution in [1.82, 2.24) is 10.3 Å². The van der Waals surface area contributed by atoms with Crippen molar-refractivity contribution in [2.24, 2.45) is 0 Å². The van der Waals surface area contributed by atoms with Gasteiger partial charge < -0.3 is 10.1 Å². The van der Waals surface area contributed by atoms with Crippen LogP contribution in [0.2, 0.25) is 0 Å². The molecule has 21 heavy (non-hydrogen) atoms. The normalized spacial score (nSPS) is 10.8. The van der Waals surface area contributed by atoms with Gasteiger partial charge in [-0.2, -0.15) is 0 Å². The number of thioether (sulfide) groups is 1. The van der Waals surface area contributed by atoms with E-state index in [1.165, 1.54) is 11.3 Å². The van der Waals surface area contributed by atoms with Crippen molar-refractivity contribution in [2.45, 2.75) is 4.90 Å². The molecule has 0 radical (unpaired) electrons. The Balaban J connectivity index is 2.17. The lowest BCUT2D eigenvalue weighted by Crippen LogP contribution is -2.16. The third kappa shape index (κ3) is 3.86. The van der Waals surface area contributed by atoms with E-state index in [1.807, 2.05) is 36.6 Å². The summed E-state index contributed by atoms with van der Waals surface area (Å²) in [6, 6.07) is 6.04. The summed E-state index contributed by atoms with van der Waals surface area (Å²) in [5, 5.41) is 3.38. The van der Waals surface area contributed by atoms with Crippen LogP contribution in [0.15, 0.2) is 29.3 Å². The average Bonchev–Trinajstić information content (AvgIpc) is 3.00. The second-order valence-corrected chi connectivity index (χ2v) is 6.00. The Morgan fingerprint density at radius 2 is 2.24 bits per heavy atom.